The summed E-state index contributed by atoms with van der Waals surface area (Å²) in [5.41, 5.74) is 0.616. The van der Waals surface area contributed by atoms with E-state index in [1.165, 1.54) is 0 Å². The zero-order chi connectivity index (χ0) is 23.3. The molecule has 2 amide bonds. The highest BCUT2D eigenvalue weighted by atomic mass is 35.5. The molecule has 0 aromatic heterocycles. The van der Waals surface area contributed by atoms with Gasteiger partial charge in [-0.2, -0.15) is 0 Å². The Labute approximate surface area is 194 Å². The van der Waals surface area contributed by atoms with Crippen molar-refractivity contribution >= 4 is 35.1 Å². The van der Waals surface area contributed by atoms with Gasteiger partial charge in [0.05, 0.1) is 28.8 Å². The molecule has 3 N–H and O–H groups in total. The normalized spacial score (nSPS) is 30.5. The summed E-state index contributed by atoms with van der Waals surface area (Å²) < 4.78 is 5.60. The first-order chi connectivity index (χ1) is 15.0. The molecule has 2 aliphatic heterocycles. The summed E-state index contributed by atoms with van der Waals surface area (Å²) in [6.07, 6.45) is 3.40. The molecule has 1 aromatic rings. The summed E-state index contributed by atoms with van der Waals surface area (Å²) in [5, 5.41) is 15.2. The van der Waals surface area contributed by atoms with Gasteiger partial charge in [-0.1, -0.05) is 37.6 Å². The van der Waals surface area contributed by atoms with Crippen molar-refractivity contribution in [3.05, 3.63) is 28.8 Å². The van der Waals surface area contributed by atoms with Crippen LogP contribution in [0.5, 0.6) is 0 Å². The third kappa shape index (κ3) is 4.37. The first-order valence-electron chi connectivity index (χ1n) is 11.4. The summed E-state index contributed by atoms with van der Waals surface area (Å²) in [7, 11) is 0. The number of hydrogen-bond acceptors (Lipinski definition) is 4. The van der Waals surface area contributed by atoms with Crippen LogP contribution in [0.3, 0.4) is 0 Å². The second-order valence-corrected chi connectivity index (χ2v) is 10.9. The van der Waals surface area contributed by atoms with Gasteiger partial charge in [0.25, 0.3) is 0 Å². The Morgan fingerprint density at radius 2 is 2.03 bits per heavy atom. The fourth-order valence-corrected chi connectivity index (χ4v) is 5.77. The lowest BCUT2D eigenvalue weighted by Crippen LogP contribution is -2.63. The summed E-state index contributed by atoms with van der Waals surface area (Å²) in [4.78, 5) is 27.4. The number of nitrogens with one attached hydrogen (secondary N) is 3. The Hall–Kier alpha value is -2.12. The predicted octanol–water partition coefficient (Wildman–Crippen LogP) is 4.25. The van der Waals surface area contributed by atoms with E-state index in [1.807, 2.05) is 26.0 Å². The average Bonchev–Trinajstić information content (AvgIpc) is 2.67. The van der Waals surface area contributed by atoms with Gasteiger partial charge < -0.3 is 15.4 Å². The van der Waals surface area contributed by atoms with Gasteiger partial charge in [-0.05, 0) is 56.6 Å². The van der Waals surface area contributed by atoms with Crippen molar-refractivity contribution in [3.8, 4) is 0 Å². The number of rotatable bonds is 4. The lowest BCUT2D eigenvalue weighted by Gasteiger charge is -2.45. The number of nitrogens with zero attached hydrogens (tertiary/aromatic N) is 1. The van der Waals surface area contributed by atoms with E-state index in [4.69, 9.17) is 21.7 Å². The van der Waals surface area contributed by atoms with Crippen molar-refractivity contribution in [1.82, 2.24) is 10.2 Å². The zero-order valence-electron chi connectivity index (χ0n) is 19.3. The van der Waals surface area contributed by atoms with E-state index in [1.54, 1.807) is 11.0 Å². The molecule has 1 saturated carbocycles. The number of amides is 2. The monoisotopic (exact) mass is 460 g/mol. The van der Waals surface area contributed by atoms with Crippen molar-refractivity contribution in [2.75, 3.05) is 11.9 Å². The molecule has 174 valence electrons. The maximum absolute atomic E-state index is 13.2. The summed E-state index contributed by atoms with van der Waals surface area (Å²) in [6.45, 7) is 8.79. The molecule has 1 aromatic carbocycles. The molecule has 7 nitrogen and oxygen atoms in total. The fraction of sp³-hybridized carbons (Fsp3) is 0.625. The van der Waals surface area contributed by atoms with Gasteiger partial charge in [-0.15, -0.1) is 0 Å². The van der Waals surface area contributed by atoms with E-state index in [0.717, 1.165) is 19.3 Å². The van der Waals surface area contributed by atoms with Crippen molar-refractivity contribution in [1.29, 1.82) is 5.41 Å². The fourth-order valence-electron chi connectivity index (χ4n) is 5.38. The quantitative estimate of drug-likeness (QED) is 0.625. The highest BCUT2D eigenvalue weighted by Crippen LogP contribution is 2.45. The van der Waals surface area contributed by atoms with Gasteiger partial charge in [0.2, 0.25) is 11.8 Å². The minimum Gasteiger partial charge on any atom is -0.378 e. The number of ether oxygens (including phenoxy) is 1. The number of halogens is 1. The molecule has 0 unspecified atom stereocenters. The number of carbonyl (C=O) groups is 2. The lowest BCUT2D eigenvalue weighted by atomic mass is 9.64. The van der Waals surface area contributed by atoms with Gasteiger partial charge in [0.15, 0.2) is 5.96 Å². The Kier molecular flexibility index (Phi) is 6.01. The van der Waals surface area contributed by atoms with Crippen molar-refractivity contribution in [2.24, 2.45) is 11.3 Å². The zero-order valence-corrected chi connectivity index (χ0v) is 20.0. The summed E-state index contributed by atoms with van der Waals surface area (Å²) in [6, 6.07) is 5.42. The van der Waals surface area contributed by atoms with E-state index in [0.29, 0.717) is 29.3 Å². The average molecular weight is 461 g/mol. The number of hydrogen-bond donors (Lipinski definition) is 3. The van der Waals surface area contributed by atoms with Crippen LogP contribution in [0, 0.1) is 16.7 Å². The molecule has 0 spiro atoms. The number of carbonyl (C=O) groups excluding carboxylic acids is 2. The maximum atomic E-state index is 13.2. The van der Waals surface area contributed by atoms with Gasteiger partial charge >= 0.3 is 0 Å². The third-order valence-electron chi connectivity index (χ3n) is 7.05. The van der Waals surface area contributed by atoms with Crippen molar-refractivity contribution in [3.63, 3.8) is 0 Å². The minimum atomic E-state index is -0.836. The molecule has 2 saturated heterocycles. The molecule has 1 aliphatic carbocycles. The molecule has 3 fully saturated rings. The molecule has 0 radical (unpaired) electrons. The van der Waals surface area contributed by atoms with E-state index < -0.39 is 5.54 Å². The van der Waals surface area contributed by atoms with Crippen LogP contribution >= 0.6 is 11.6 Å². The Morgan fingerprint density at radius 1 is 1.31 bits per heavy atom. The Bertz CT molecular complexity index is 921. The SMILES string of the molecule is C[C@@H]1C[C@H](N2C(=N)N[C@](C)(c3cccc(NC(=O)C4CC(C)(C)C4)c3Cl)CC2=O)CCO1. The molecule has 3 aliphatic rings. The molecular formula is C24H33ClN4O3. The van der Waals surface area contributed by atoms with Gasteiger partial charge in [-0.25, -0.2) is 0 Å². The minimum absolute atomic E-state index is 0.00158. The predicted molar refractivity (Wildman–Crippen MR) is 125 cm³/mol. The van der Waals surface area contributed by atoms with Gasteiger partial charge in [0, 0.05) is 18.6 Å². The van der Waals surface area contributed by atoms with Crippen LogP contribution in [0.4, 0.5) is 5.69 Å². The molecule has 4 rings (SSSR count). The standard InChI is InChI=1S/C24H33ClN4O3/c1-14-10-16(8-9-32-14)29-19(30)13-24(4,28-22(29)26)17-6-5-7-18(20(17)25)27-21(31)15-11-23(2,3)12-15/h5-7,14-16H,8-13H2,1-4H3,(H2,26,28)(H,27,31)/t14-,16-,24+/m1/s1. The third-order valence-corrected chi connectivity index (χ3v) is 7.46. The smallest absolute Gasteiger partial charge is 0.232 e. The van der Waals surface area contributed by atoms with Crippen molar-refractivity contribution in [2.45, 2.75) is 77.5 Å². The lowest BCUT2D eigenvalue weighted by molar-refractivity contribution is -0.134. The first kappa shape index (κ1) is 23.1. The second-order valence-electron chi connectivity index (χ2n) is 10.5. The molecule has 32 heavy (non-hydrogen) atoms. The second kappa shape index (κ2) is 8.34. The molecule has 8 heteroatoms. The maximum Gasteiger partial charge on any atom is 0.232 e. The molecule has 0 bridgehead atoms. The van der Waals surface area contributed by atoms with Crippen LogP contribution in [-0.2, 0) is 19.9 Å². The van der Waals surface area contributed by atoms with Crippen LogP contribution in [0.25, 0.3) is 0 Å². The Morgan fingerprint density at radius 3 is 2.66 bits per heavy atom. The van der Waals surface area contributed by atoms with Crippen LogP contribution in [0.2, 0.25) is 5.02 Å². The van der Waals surface area contributed by atoms with Crippen LogP contribution < -0.4 is 10.6 Å². The largest absolute Gasteiger partial charge is 0.378 e. The van der Waals surface area contributed by atoms with Crippen LogP contribution in [0.1, 0.15) is 65.4 Å². The van der Waals surface area contributed by atoms with E-state index >= 15 is 0 Å². The van der Waals surface area contributed by atoms with Crippen LogP contribution in [0.15, 0.2) is 18.2 Å². The van der Waals surface area contributed by atoms with E-state index in [-0.39, 0.29) is 47.7 Å². The number of anilines is 1. The number of benzene rings is 1. The summed E-state index contributed by atoms with van der Waals surface area (Å²) in [5.74, 6) is -0.0327. The van der Waals surface area contributed by atoms with E-state index in [9.17, 15) is 9.59 Å². The molecule has 2 heterocycles. The highest BCUT2D eigenvalue weighted by Gasteiger charge is 2.44. The van der Waals surface area contributed by atoms with Crippen molar-refractivity contribution < 1.29 is 14.3 Å². The highest BCUT2D eigenvalue weighted by molar-refractivity contribution is 6.34. The van der Waals surface area contributed by atoms with Crippen LogP contribution in [-0.4, -0.2) is 41.4 Å². The molecule has 3 atom stereocenters. The van der Waals surface area contributed by atoms with Gasteiger partial charge in [0.1, 0.15) is 0 Å². The first-order valence-corrected chi connectivity index (χ1v) is 11.8. The topological polar surface area (TPSA) is 94.5 Å². The summed E-state index contributed by atoms with van der Waals surface area (Å²) >= 11 is 6.73. The number of guanidine groups is 1. The Balaban J connectivity index is 1.51. The van der Waals surface area contributed by atoms with E-state index in [2.05, 4.69) is 24.5 Å². The van der Waals surface area contributed by atoms with Gasteiger partial charge in [-0.3, -0.25) is 19.9 Å². The molecular weight excluding hydrogens is 428 g/mol.